The van der Waals surface area contributed by atoms with Gasteiger partial charge in [0.1, 0.15) is 20.4 Å². The Morgan fingerprint density at radius 2 is 0.828 bits per heavy atom. The molecule has 456 valence electrons. The number of hydrogen-bond acceptors (Lipinski definition) is 5. The fourth-order valence-electron chi connectivity index (χ4n) is 12.9. The molecule has 15 rings (SSSR count). The molecule has 0 aliphatic rings. The molecule has 0 saturated carbocycles. The molecule has 12 aromatic carbocycles. The van der Waals surface area contributed by atoms with Gasteiger partial charge in [-0.05, 0) is 125 Å². The molecular weight excluding hydrogens is 1270 g/mol. The Hall–Kier alpha value is -10.4. The quantitative estimate of drug-likeness (QED) is 0.0462. The summed E-state index contributed by atoms with van der Waals surface area (Å²) in [6.45, 7) is 5.62. The zero-order valence-electron chi connectivity index (χ0n) is 51.8. The zero-order chi connectivity index (χ0) is 64.2. The van der Waals surface area contributed by atoms with Gasteiger partial charge in [0.25, 0.3) is 0 Å². The van der Waals surface area contributed by atoms with Gasteiger partial charge in [-0.25, -0.2) is 9.97 Å². The Morgan fingerprint density at radius 1 is 0.462 bits per heavy atom. The number of benzene rings is 12. The first-order chi connectivity index (χ1) is 45.5. The van der Waals surface area contributed by atoms with Crippen LogP contribution in [0.4, 0.5) is 0 Å². The number of rotatable bonds is 13. The molecule has 0 aliphatic heterocycles. The minimum absolute atomic E-state index is 0.122. The molecule has 0 amide bonds. The maximum absolute atomic E-state index is 12.0. The van der Waals surface area contributed by atoms with Crippen LogP contribution in [-0.4, -0.2) is 40.0 Å². The average Bonchev–Trinajstić information content (AvgIpc) is 1.73. The summed E-state index contributed by atoms with van der Waals surface area (Å²) >= 11 is 7.35. The van der Waals surface area contributed by atoms with Crippen molar-refractivity contribution in [1.29, 1.82) is 0 Å². The van der Waals surface area contributed by atoms with Crippen molar-refractivity contribution in [2.75, 3.05) is 0 Å². The minimum Gasteiger partial charge on any atom is -0.379 e. The Bertz CT molecular complexity index is 4780. The summed E-state index contributed by atoms with van der Waals surface area (Å²) in [5, 5.41) is 18.8. The molecule has 0 fully saturated rings. The predicted octanol–water partition coefficient (Wildman–Crippen LogP) is 19.9. The topological polar surface area (TPSA) is 105 Å². The molecular formula is C83H69IN6O2S. The summed E-state index contributed by atoms with van der Waals surface area (Å²) in [5.74, 6) is 0.417. The number of hydrogen-bond donors (Lipinski definition) is 3. The van der Waals surface area contributed by atoms with Crippen LogP contribution in [-0.2, 0) is 16.7 Å². The normalized spacial score (nSPS) is 12.3. The summed E-state index contributed by atoms with van der Waals surface area (Å²) < 4.78 is 6.01. The van der Waals surface area contributed by atoms with Crippen molar-refractivity contribution < 1.29 is 9.90 Å². The second-order valence-electron chi connectivity index (χ2n) is 23.1. The highest BCUT2D eigenvalue weighted by atomic mass is 127. The van der Waals surface area contributed by atoms with E-state index in [1.807, 2.05) is 117 Å². The second-order valence-corrected chi connectivity index (χ2v) is 24.6. The van der Waals surface area contributed by atoms with Crippen molar-refractivity contribution in [2.45, 2.75) is 43.4 Å². The number of aliphatic hydroxyl groups is 1. The highest BCUT2D eigenvalue weighted by molar-refractivity contribution is 14.1. The second kappa shape index (κ2) is 28.4. The molecule has 3 aromatic heterocycles. The fraction of sp³-hybridized carbons (Fsp3) is 0.0843. The van der Waals surface area contributed by atoms with E-state index in [0.717, 1.165) is 58.8 Å². The Labute approximate surface area is 561 Å². The number of nitrogens with one attached hydrogen (secondary N) is 2. The lowest BCUT2D eigenvalue weighted by atomic mass is 9.76. The number of fused-ring (bicyclic) bond motifs is 3. The molecule has 0 bridgehead atoms. The third kappa shape index (κ3) is 13.0. The van der Waals surface area contributed by atoms with Gasteiger partial charge < -0.3 is 24.2 Å². The van der Waals surface area contributed by atoms with Gasteiger partial charge in [0.2, 0.25) is 0 Å². The van der Waals surface area contributed by atoms with Gasteiger partial charge in [0, 0.05) is 35.8 Å². The van der Waals surface area contributed by atoms with E-state index in [-0.39, 0.29) is 5.78 Å². The number of H-pyrrole nitrogens is 2. The van der Waals surface area contributed by atoms with Crippen LogP contribution in [0.15, 0.2) is 341 Å². The van der Waals surface area contributed by atoms with Crippen molar-refractivity contribution in [3.8, 4) is 0 Å². The number of Topliss-reactive ketones (excluding diaryl/α,β-unsaturated/α-hetero) is 1. The van der Waals surface area contributed by atoms with E-state index in [1.165, 1.54) is 33.0 Å². The highest BCUT2D eigenvalue weighted by Crippen LogP contribution is 2.44. The summed E-state index contributed by atoms with van der Waals surface area (Å²) in [4.78, 5) is 26.8. The van der Waals surface area contributed by atoms with Gasteiger partial charge in [0.15, 0.2) is 10.6 Å². The van der Waals surface area contributed by atoms with Crippen molar-refractivity contribution in [1.82, 2.24) is 29.1 Å². The summed E-state index contributed by atoms with van der Waals surface area (Å²) in [6.07, 6.45) is 9.83. The largest absolute Gasteiger partial charge is 0.379 e. The molecule has 8 nitrogen and oxygen atoms in total. The van der Waals surface area contributed by atoms with Crippen LogP contribution < -0.4 is 0 Å². The first-order valence-corrected chi connectivity index (χ1v) is 32.5. The standard InChI is InChI=1S/C34H28N2O.C22H17IN2.C15H14N2S.C12H10O/c1-33(37,31-23-13-15-26-14-11-12-22-30(26)31)32-24-36(25-35-32)34(27-16-5-2-6-17-27,28-18-7-3-8-19-28)29-20-9-4-10-21-29;23-21-16-25(17-24-21)22(18-10-4-1-5-11-18,19-12-6-2-7-13-19)20-14-8-3-9-15-20;1-10(14-9-16-15(18)17-14)12-8-4-6-11-5-2-3-7-13(11)12;1-9(13)11-8-4-6-10-5-2-3-7-12(10)11/h2-25,37H,1H3;1-17H;2-10H,1H3,(H2,16,17,18);2-8H,1H3. The van der Waals surface area contributed by atoms with Crippen LogP contribution in [0.1, 0.15) is 92.9 Å². The molecule has 2 unspecified atom stereocenters. The van der Waals surface area contributed by atoms with Crippen LogP contribution >= 0.6 is 34.8 Å². The van der Waals surface area contributed by atoms with Gasteiger partial charge in [-0.2, -0.15) is 0 Å². The van der Waals surface area contributed by atoms with E-state index in [9.17, 15) is 9.90 Å². The molecule has 93 heavy (non-hydrogen) atoms. The number of halogens is 1. The molecule has 3 N–H and O–H groups in total. The SMILES string of the molecule is CC(=O)c1cccc2ccccc12.CC(O)(c1cn(C(c2ccccc2)(c2ccccc2)c2ccccc2)cn1)c1cccc2ccccc12.CC(c1c[nH]c(=S)[nH]1)c1cccc2ccccc12.Ic1cn(C(c2ccccc2)(c2ccccc2)c2ccccc2)cn1. The monoisotopic (exact) mass is 1340 g/mol. The lowest BCUT2D eigenvalue weighted by Crippen LogP contribution is -2.37. The van der Waals surface area contributed by atoms with Crippen molar-refractivity contribution in [3.63, 3.8) is 0 Å². The van der Waals surface area contributed by atoms with Crippen LogP contribution in [0.3, 0.4) is 0 Å². The fourth-order valence-corrected chi connectivity index (χ4v) is 13.5. The van der Waals surface area contributed by atoms with E-state index in [4.69, 9.17) is 17.2 Å². The minimum atomic E-state index is -1.29. The van der Waals surface area contributed by atoms with Gasteiger partial charge in [0.05, 0.1) is 18.3 Å². The molecule has 0 radical (unpaired) electrons. The van der Waals surface area contributed by atoms with Crippen LogP contribution in [0.5, 0.6) is 0 Å². The molecule has 3 heterocycles. The van der Waals surface area contributed by atoms with Crippen LogP contribution in [0.2, 0.25) is 0 Å². The Balaban J connectivity index is 0.000000128. The van der Waals surface area contributed by atoms with Gasteiger partial charge in [-0.3, -0.25) is 4.79 Å². The van der Waals surface area contributed by atoms with Gasteiger partial charge in [-0.1, -0.05) is 316 Å². The molecule has 10 heteroatoms. The van der Waals surface area contributed by atoms with Crippen LogP contribution in [0.25, 0.3) is 32.3 Å². The lowest BCUT2D eigenvalue weighted by Gasteiger charge is -2.37. The van der Waals surface area contributed by atoms with E-state index in [0.29, 0.717) is 16.4 Å². The molecule has 0 saturated heterocycles. The predicted molar refractivity (Wildman–Crippen MR) is 390 cm³/mol. The van der Waals surface area contributed by atoms with Gasteiger partial charge >= 0.3 is 0 Å². The third-order valence-electron chi connectivity index (χ3n) is 17.4. The number of carbonyl (C=O) groups is 1. The Kier molecular flexibility index (Phi) is 19.2. The molecule has 0 spiro atoms. The summed E-state index contributed by atoms with van der Waals surface area (Å²) in [7, 11) is 0. The van der Waals surface area contributed by atoms with E-state index in [1.54, 1.807) is 6.92 Å². The number of aromatic amines is 2. The molecule has 0 aliphatic carbocycles. The smallest absolute Gasteiger partial charge is 0.174 e. The average molecular weight is 1340 g/mol. The maximum Gasteiger partial charge on any atom is 0.174 e. The van der Waals surface area contributed by atoms with Crippen molar-refractivity contribution >= 4 is 72.9 Å². The third-order valence-corrected chi connectivity index (χ3v) is 18.2. The zero-order valence-corrected chi connectivity index (χ0v) is 54.8. The first kappa shape index (κ1) is 62.8. The number of nitrogens with zero attached hydrogens (tertiary/aromatic N) is 4. The highest BCUT2D eigenvalue weighted by Gasteiger charge is 2.41. The summed E-state index contributed by atoms with van der Waals surface area (Å²) in [5.41, 5.74) is 9.21. The van der Waals surface area contributed by atoms with Crippen LogP contribution in [0, 0.1) is 8.47 Å². The maximum atomic E-state index is 12.0. The lowest BCUT2D eigenvalue weighted by molar-refractivity contribution is 0.0991. The molecule has 2 atom stereocenters. The van der Waals surface area contributed by atoms with Crippen molar-refractivity contribution in [3.05, 3.63) is 411 Å². The summed E-state index contributed by atoms with van der Waals surface area (Å²) in [6, 6.07) is 106. The number of ketones is 1. The van der Waals surface area contributed by atoms with Gasteiger partial charge in [-0.15, -0.1) is 0 Å². The number of aromatic nitrogens is 6. The van der Waals surface area contributed by atoms with Crippen molar-refractivity contribution in [2.24, 2.45) is 0 Å². The van der Waals surface area contributed by atoms with E-state index >= 15 is 0 Å². The van der Waals surface area contributed by atoms with E-state index in [2.05, 4.69) is 284 Å². The molecule has 15 aromatic rings. The number of carbonyl (C=O) groups excluding carboxylic acids is 1. The Morgan fingerprint density at radius 3 is 1.26 bits per heavy atom. The first-order valence-electron chi connectivity index (χ1n) is 31.0. The van der Waals surface area contributed by atoms with E-state index < -0.39 is 16.7 Å². The number of imidazole rings is 3.